The monoisotopic (exact) mass is 371 g/mol. The number of benzene rings is 2. The lowest BCUT2D eigenvalue weighted by molar-refractivity contribution is -0.137. The predicted molar refractivity (Wildman–Crippen MR) is 105 cm³/mol. The molecule has 1 amide bonds. The highest BCUT2D eigenvalue weighted by atomic mass is 32.2. The molecule has 0 unspecified atom stereocenters. The molecule has 1 N–H and O–H groups in total. The second kappa shape index (κ2) is 7.37. The van der Waals surface area contributed by atoms with E-state index in [1.54, 1.807) is 0 Å². The number of carboxylic acid groups (broad SMARTS) is 1. The lowest BCUT2D eigenvalue weighted by atomic mass is 9.99. The van der Waals surface area contributed by atoms with Gasteiger partial charge in [-0.2, -0.15) is 0 Å². The highest BCUT2D eigenvalue weighted by Gasteiger charge is 2.31. The van der Waals surface area contributed by atoms with E-state index in [2.05, 4.69) is 6.07 Å². The van der Waals surface area contributed by atoms with Crippen LogP contribution in [0.25, 0.3) is 16.8 Å². The summed E-state index contributed by atoms with van der Waals surface area (Å²) < 4.78 is 0.486. The molecule has 1 heterocycles. The third-order valence-electron chi connectivity index (χ3n) is 4.11. The maximum Gasteiger partial charge on any atom is 0.303 e. The van der Waals surface area contributed by atoms with Crippen LogP contribution < -0.4 is 0 Å². The van der Waals surface area contributed by atoms with Gasteiger partial charge in [-0.1, -0.05) is 60.4 Å². The zero-order valence-corrected chi connectivity index (χ0v) is 15.3. The lowest BCUT2D eigenvalue weighted by Gasteiger charge is -2.13. The quantitative estimate of drug-likeness (QED) is 0.630. The van der Waals surface area contributed by atoms with E-state index in [4.69, 9.17) is 17.3 Å². The molecule has 0 radical (unpaired) electrons. The molecule has 0 saturated carbocycles. The molecular weight excluding hydrogens is 354 g/mol. The van der Waals surface area contributed by atoms with E-state index in [-0.39, 0.29) is 12.3 Å². The summed E-state index contributed by atoms with van der Waals surface area (Å²) in [6.45, 7) is 2.36. The van der Waals surface area contributed by atoms with Gasteiger partial charge in [-0.3, -0.25) is 14.5 Å². The minimum absolute atomic E-state index is 0.0263. The number of carboxylic acids is 1. The second-order valence-electron chi connectivity index (χ2n) is 5.85. The molecule has 25 heavy (non-hydrogen) atoms. The number of aliphatic carboxylic acids is 1. The number of rotatable bonds is 5. The van der Waals surface area contributed by atoms with Crippen molar-refractivity contribution < 1.29 is 14.7 Å². The van der Waals surface area contributed by atoms with Crippen LogP contribution in [0.4, 0.5) is 0 Å². The van der Waals surface area contributed by atoms with Crippen LogP contribution in [0.3, 0.4) is 0 Å². The van der Waals surface area contributed by atoms with Gasteiger partial charge < -0.3 is 5.11 Å². The van der Waals surface area contributed by atoms with Gasteiger partial charge in [0, 0.05) is 13.0 Å². The van der Waals surface area contributed by atoms with Crippen LogP contribution in [0.1, 0.15) is 24.0 Å². The van der Waals surface area contributed by atoms with Crippen molar-refractivity contribution in [1.82, 2.24) is 4.90 Å². The summed E-state index contributed by atoms with van der Waals surface area (Å²) in [5.41, 5.74) is 2.11. The van der Waals surface area contributed by atoms with Gasteiger partial charge in [0.05, 0.1) is 4.91 Å². The van der Waals surface area contributed by atoms with E-state index in [0.717, 1.165) is 21.9 Å². The van der Waals surface area contributed by atoms with Gasteiger partial charge in [-0.05, 0) is 41.3 Å². The first-order valence-electron chi connectivity index (χ1n) is 7.93. The first-order valence-corrected chi connectivity index (χ1v) is 9.15. The van der Waals surface area contributed by atoms with Gasteiger partial charge >= 0.3 is 5.97 Å². The number of hydrogen-bond donors (Lipinski definition) is 1. The van der Waals surface area contributed by atoms with Crippen molar-refractivity contribution >= 4 is 57.0 Å². The SMILES string of the molecule is Cc1ccc2ccccc2c1C=C1SC(=S)N(CCCC(=O)O)C1=O. The van der Waals surface area contributed by atoms with Gasteiger partial charge in [0.1, 0.15) is 4.32 Å². The Balaban J connectivity index is 1.90. The normalized spacial score (nSPS) is 16.2. The van der Waals surface area contributed by atoms with Crippen molar-refractivity contribution in [3.8, 4) is 0 Å². The van der Waals surface area contributed by atoms with E-state index in [0.29, 0.717) is 22.2 Å². The molecule has 0 aromatic heterocycles. The van der Waals surface area contributed by atoms with E-state index < -0.39 is 5.97 Å². The summed E-state index contributed by atoms with van der Waals surface area (Å²) in [5.74, 6) is -1.01. The number of carbonyl (C=O) groups excluding carboxylic acids is 1. The smallest absolute Gasteiger partial charge is 0.303 e. The van der Waals surface area contributed by atoms with Crippen LogP contribution in [0.5, 0.6) is 0 Å². The van der Waals surface area contributed by atoms with Gasteiger partial charge in [0.15, 0.2) is 0 Å². The van der Waals surface area contributed by atoms with Crippen LogP contribution in [0.2, 0.25) is 0 Å². The highest BCUT2D eigenvalue weighted by Crippen LogP contribution is 2.34. The Hall–Kier alpha value is -2.18. The van der Waals surface area contributed by atoms with Crippen LogP contribution in [-0.2, 0) is 9.59 Å². The van der Waals surface area contributed by atoms with Gasteiger partial charge in [0.2, 0.25) is 0 Å². The summed E-state index contributed by atoms with van der Waals surface area (Å²) in [4.78, 5) is 25.4. The molecule has 6 heteroatoms. The lowest BCUT2D eigenvalue weighted by Crippen LogP contribution is -2.29. The summed E-state index contributed by atoms with van der Waals surface area (Å²) in [5, 5.41) is 11.0. The standard InChI is InChI=1S/C19H17NO3S2/c1-12-8-9-13-5-2-3-6-14(13)15(12)11-16-18(23)20(19(24)25-16)10-4-7-17(21)22/h2-3,5-6,8-9,11H,4,7,10H2,1H3,(H,21,22). The molecule has 3 rings (SSSR count). The molecule has 0 aliphatic carbocycles. The van der Waals surface area contributed by atoms with Crippen molar-refractivity contribution in [3.63, 3.8) is 0 Å². The first-order chi connectivity index (χ1) is 12.0. The molecule has 1 aliphatic heterocycles. The molecule has 0 spiro atoms. The van der Waals surface area contributed by atoms with Crippen molar-refractivity contribution in [2.75, 3.05) is 6.54 Å². The molecule has 128 valence electrons. The maximum atomic E-state index is 12.6. The Bertz CT molecular complexity index is 905. The first kappa shape index (κ1) is 17.6. The Morgan fingerprint density at radius 1 is 1.28 bits per heavy atom. The number of thioether (sulfide) groups is 1. The van der Waals surface area contributed by atoms with Gasteiger partial charge in [-0.15, -0.1) is 0 Å². The predicted octanol–water partition coefficient (Wildman–Crippen LogP) is 4.21. The van der Waals surface area contributed by atoms with Gasteiger partial charge in [-0.25, -0.2) is 0 Å². The Morgan fingerprint density at radius 2 is 2.04 bits per heavy atom. The average molecular weight is 371 g/mol. The number of amides is 1. The molecule has 1 saturated heterocycles. The molecule has 4 nitrogen and oxygen atoms in total. The van der Waals surface area contributed by atoms with Crippen molar-refractivity contribution in [1.29, 1.82) is 0 Å². The summed E-state index contributed by atoms with van der Waals surface area (Å²) in [7, 11) is 0. The molecular formula is C19H17NO3S2. The number of carbonyl (C=O) groups is 2. The van der Waals surface area contributed by atoms with Gasteiger partial charge in [0.25, 0.3) is 5.91 Å². The van der Waals surface area contributed by atoms with Crippen LogP contribution in [-0.4, -0.2) is 32.7 Å². The van der Waals surface area contributed by atoms with E-state index in [9.17, 15) is 9.59 Å². The van der Waals surface area contributed by atoms with E-state index in [1.165, 1.54) is 16.7 Å². The number of aryl methyl sites for hydroxylation is 1. The third kappa shape index (κ3) is 3.75. The van der Waals surface area contributed by atoms with Crippen molar-refractivity contribution in [2.24, 2.45) is 0 Å². The summed E-state index contributed by atoms with van der Waals surface area (Å²) in [6, 6.07) is 12.2. The minimum atomic E-state index is -0.868. The molecule has 0 atom stereocenters. The van der Waals surface area contributed by atoms with Crippen LogP contribution >= 0.6 is 24.0 Å². The largest absolute Gasteiger partial charge is 0.481 e. The topological polar surface area (TPSA) is 57.6 Å². The van der Waals surface area contributed by atoms with Crippen LogP contribution in [0, 0.1) is 6.92 Å². The number of fused-ring (bicyclic) bond motifs is 1. The average Bonchev–Trinajstić information content (AvgIpc) is 2.84. The third-order valence-corrected chi connectivity index (χ3v) is 5.49. The Morgan fingerprint density at radius 3 is 2.80 bits per heavy atom. The van der Waals surface area contributed by atoms with Crippen LogP contribution in [0.15, 0.2) is 41.3 Å². The zero-order chi connectivity index (χ0) is 18.0. The van der Waals surface area contributed by atoms with E-state index in [1.807, 2.05) is 43.3 Å². The van der Waals surface area contributed by atoms with Crippen molar-refractivity contribution in [3.05, 3.63) is 52.4 Å². The fraction of sp³-hybridized carbons (Fsp3) is 0.211. The number of thiocarbonyl (C=S) groups is 1. The summed E-state index contributed by atoms with van der Waals surface area (Å²) in [6.07, 6.45) is 2.31. The molecule has 0 bridgehead atoms. The zero-order valence-electron chi connectivity index (χ0n) is 13.7. The highest BCUT2D eigenvalue weighted by molar-refractivity contribution is 8.26. The molecule has 2 aromatic carbocycles. The fourth-order valence-electron chi connectivity index (χ4n) is 2.81. The second-order valence-corrected chi connectivity index (χ2v) is 7.52. The summed E-state index contributed by atoms with van der Waals surface area (Å²) >= 11 is 6.57. The number of hydrogen-bond acceptors (Lipinski definition) is 4. The fourth-order valence-corrected chi connectivity index (χ4v) is 4.10. The van der Waals surface area contributed by atoms with Crippen molar-refractivity contribution in [2.45, 2.75) is 19.8 Å². The Kier molecular flexibility index (Phi) is 5.20. The van der Waals surface area contributed by atoms with E-state index >= 15 is 0 Å². The molecule has 2 aromatic rings. The Labute approximate surface area is 155 Å². The number of nitrogens with zero attached hydrogens (tertiary/aromatic N) is 1. The maximum absolute atomic E-state index is 12.6. The molecule has 1 aliphatic rings. The molecule has 1 fully saturated rings. The minimum Gasteiger partial charge on any atom is -0.481 e.